The van der Waals surface area contributed by atoms with Gasteiger partial charge in [0.1, 0.15) is 11.6 Å². The minimum atomic E-state index is -0.987. The van der Waals surface area contributed by atoms with E-state index in [1.165, 1.54) is 0 Å². The number of aliphatic hydroxyl groups is 1. The Morgan fingerprint density at radius 1 is 1.33 bits per heavy atom. The first-order valence-corrected chi connectivity index (χ1v) is 5.21. The molecule has 3 nitrogen and oxygen atoms in total. The summed E-state index contributed by atoms with van der Waals surface area (Å²) in [6.07, 6.45) is 1.04. The van der Waals surface area contributed by atoms with Crippen LogP contribution in [0.15, 0.2) is 30.3 Å². The Morgan fingerprint density at radius 3 is 2.67 bits per heavy atom. The zero-order chi connectivity index (χ0) is 10.9. The van der Waals surface area contributed by atoms with Crippen molar-refractivity contribution in [1.29, 1.82) is 0 Å². The van der Waals surface area contributed by atoms with Gasteiger partial charge in [-0.2, -0.15) is 0 Å². The van der Waals surface area contributed by atoms with Crippen LogP contribution in [0.25, 0.3) is 0 Å². The average molecular weight is 205 g/mol. The second kappa shape index (κ2) is 3.76. The molecule has 15 heavy (non-hydrogen) atoms. The molecule has 2 unspecified atom stereocenters. The molecule has 1 fully saturated rings. The highest BCUT2D eigenvalue weighted by atomic mass is 16.3. The van der Waals surface area contributed by atoms with Crippen molar-refractivity contribution in [2.24, 2.45) is 5.73 Å². The number of hydrogen-bond donors (Lipinski definition) is 2. The van der Waals surface area contributed by atoms with E-state index in [0.717, 1.165) is 12.0 Å². The van der Waals surface area contributed by atoms with Gasteiger partial charge in [0.15, 0.2) is 5.78 Å². The number of nitrogens with two attached hydrogens (primary N) is 1. The van der Waals surface area contributed by atoms with Gasteiger partial charge in [-0.25, -0.2) is 0 Å². The molecule has 1 aliphatic rings. The zero-order valence-corrected chi connectivity index (χ0v) is 8.52. The molecule has 0 spiro atoms. The third kappa shape index (κ3) is 1.68. The van der Waals surface area contributed by atoms with E-state index in [0.29, 0.717) is 12.8 Å². The van der Waals surface area contributed by atoms with Gasteiger partial charge in [0.25, 0.3) is 0 Å². The van der Waals surface area contributed by atoms with Gasteiger partial charge in [0.05, 0.1) is 0 Å². The predicted octanol–water partition coefficient (Wildman–Crippen LogP) is 0.955. The van der Waals surface area contributed by atoms with E-state index in [-0.39, 0.29) is 5.78 Å². The number of aliphatic hydroxyl groups excluding tert-OH is 1. The van der Waals surface area contributed by atoms with E-state index >= 15 is 0 Å². The fourth-order valence-electron chi connectivity index (χ4n) is 2.15. The summed E-state index contributed by atoms with van der Waals surface area (Å²) in [5, 5.41) is 9.55. The number of ketones is 1. The number of carbonyl (C=O) groups is 1. The highest BCUT2D eigenvalue weighted by Crippen LogP contribution is 2.31. The van der Waals surface area contributed by atoms with Gasteiger partial charge < -0.3 is 10.8 Å². The van der Waals surface area contributed by atoms with Gasteiger partial charge >= 0.3 is 0 Å². The summed E-state index contributed by atoms with van der Waals surface area (Å²) < 4.78 is 0. The third-order valence-corrected chi connectivity index (χ3v) is 3.08. The van der Waals surface area contributed by atoms with E-state index in [4.69, 9.17) is 5.73 Å². The molecule has 1 aliphatic carbocycles. The summed E-state index contributed by atoms with van der Waals surface area (Å²) in [5.41, 5.74) is 5.92. The predicted molar refractivity (Wildman–Crippen MR) is 57.2 cm³/mol. The SMILES string of the molecule is NC1(c2ccccc2)CCCC(O)C1=O. The highest BCUT2D eigenvalue weighted by molar-refractivity contribution is 5.93. The average Bonchev–Trinajstić information content (AvgIpc) is 2.27. The Bertz CT molecular complexity index is 363. The van der Waals surface area contributed by atoms with Crippen molar-refractivity contribution in [2.45, 2.75) is 30.9 Å². The largest absolute Gasteiger partial charge is 0.385 e. The summed E-state index contributed by atoms with van der Waals surface area (Å²) in [4.78, 5) is 11.9. The van der Waals surface area contributed by atoms with E-state index in [2.05, 4.69) is 0 Å². The van der Waals surface area contributed by atoms with Crippen molar-refractivity contribution in [3.8, 4) is 0 Å². The molecule has 0 aliphatic heterocycles. The van der Waals surface area contributed by atoms with Crippen LogP contribution in [0.3, 0.4) is 0 Å². The molecule has 1 aromatic rings. The lowest BCUT2D eigenvalue weighted by Crippen LogP contribution is -2.52. The van der Waals surface area contributed by atoms with Crippen LogP contribution < -0.4 is 5.73 Å². The van der Waals surface area contributed by atoms with Gasteiger partial charge in [0.2, 0.25) is 0 Å². The Balaban J connectivity index is 2.37. The number of hydrogen-bond acceptors (Lipinski definition) is 3. The number of rotatable bonds is 1. The fourth-order valence-corrected chi connectivity index (χ4v) is 2.15. The summed E-state index contributed by atoms with van der Waals surface area (Å²) in [6, 6.07) is 9.29. The van der Waals surface area contributed by atoms with Crippen molar-refractivity contribution in [3.05, 3.63) is 35.9 Å². The molecule has 0 heterocycles. The molecule has 0 radical (unpaired) electrons. The summed E-state index contributed by atoms with van der Waals surface area (Å²) in [5.74, 6) is -0.250. The van der Waals surface area contributed by atoms with Gasteiger partial charge in [-0.1, -0.05) is 30.3 Å². The van der Waals surface area contributed by atoms with E-state index in [9.17, 15) is 9.90 Å². The Hall–Kier alpha value is -1.19. The van der Waals surface area contributed by atoms with Crippen LogP contribution in [0.1, 0.15) is 24.8 Å². The second-order valence-electron chi connectivity index (χ2n) is 4.11. The number of carbonyl (C=O) groups excluding carboxylic acids is 1. The summed E-state index contributed by atoms with van der Waals surface area (Å²) in [7, 11) is 0. The van der Waals surface area contributed by atoms with Crippen LogP contribution in [0.2, 0.25) is 0 Å². The van der Waals surface area contributed by atoms with Crippen molar-refractivity contribution in [2.75, 3.05) is 0 Å². The molecule has 2 atom stereocenters. The molecule has 3 heteroatoms. The van der Waals surface area contributed by atoms with Crippen molar-refractivity contribution < 1.29 is 9.90 Å². The molecule has 80 valence electrons. The summed E-state index contributed by atoms with van der Waals surface area (Å²) >= 11 is 0. The van der Waals surface area contributed by atoms with E-state index in [1.807, 2.05) is 30.3 Å². The smallest absolute Gasteiger partial charge is 0.185 e. The minimum Gasteiger partial charge on any atom is -0.385 e. The molecular weight excluding hydrogens is 190 g/mol. The van der Waals surface area contributed by atoms with Crippen LogP contribution in [-0.4, -0.2) is 17.0 Å². The molecule has 0 saturated heterocycles. The topological polar surface area (TPSA) is 63.3 Å². The Kier molecular flexibility index (Phi) is 2.59. The number of Topliss-reactive ketones (excluding diaryl/α,β-unsaturated/α-hetero) is 1. The lowest BCUT2D eigenvalue weighted by Gasteiger charge is -2.34. The first-order chi connectivity index (χ1) is 7.14. The molecule has 0 bridgehead atoms. The van der Waals surface area contributed by atoms with Crippen LogP contribution in [0.4, 0.5) is 0 Å². The summed E-state index contributed by atoms with van der Waals surface area (Å²) in [6.45, 7) is 0. The quantitative estimate of drug-likeness (QED) is 0.717. The third-order valence-electron chi connectivity index (χ3n) is 3.08. The van der Waals surface area contributed by atoms with Gasteiger partial charge in [-0.3, -0.25) is 4.79 Å². The number of benzene rings is 1. The fraction of sp³-hybridized carbons (Fsp3) is 0.417. The molecular formula is C12H15NO2. The highest BCUT2D eigenvalue weighted by Gasteiger charge is 2.42. The maximum Gasteiger partial charge on any atom is 0.185 e. The van der Waals surface area contributed by atoms with E-state index in [1.54, 1.807) is 0 Å². The van der Waals surface area contributed by atoms with Gasteiger partial charge in [0, 0.05) is 0 Å². The van der Waals surface area contributed by atoms with Gasteiger partial charge in [-0.15, -0.1) is 0 Å². The van der Waals surface area contributed by atoms with Crippen LogP contribution in [0, 0.1) is 0 Å². The standard InChI is InChI=1S/C12H15NO2/c13-12(9-5-2-1-3-6-9)8-4-7-10(14)11(12)15/h1-3,5-6,10,14H,4,7-8,13H2. The molecule has 0 aromatic heterocycles. The maximum absolute atomic E-state index is 11.9. The van der Waals surface area contributed by atoms with E-state index < -0.39 is 11.6 Å². The molecule has 3 N–H and O–H groups in total. The second-order valence-corrected chi connectivity index (χ2v) is 4.11. The van der Waals surface area contributed by atoms with Crippen LogP contribution >= 0.6 is 0 Å². The van der Waals surface area contributed by atoms with Crippen LogP contribution in [-0.2, 0) is 10.3 Å². The molecule has 1 saturated carbocycles. The first-order valence-electron chi connectivity index (χ1n) is 5.21. The lowest BCUT2D eigenvalue weighted by atomic mass is 9.75. The normalized spacial score (nSPS) is 31.6. The van der Waals surface area contributed by atoms with Gasteiger partial charge in [-0.05, 0) is 24.8 Å². The molecule has 0 amide bonds. The Labute approximate surface area is 88.9 Å². The monoisotopic (exact) mass is 205 g/mol. The minimum absolute atomic E-state index is 0.250. The Morgan fingerprint density at radius 2 is 2.00 bits per heavy atom. The molecule has 1 aromatic carbocycles. The first kappa shape index (κ1) is 10.3. The van der Waals surface area contributed by atoms with Crippen molar-refractivity contribution >= 4 is 5.78 Å². The van der Waals surface area contributed by atoms with Crippen molar-refractivity contribution in [3.63, 3.8) is 0 Å². The zero-order valence-electron chi connectivity index (χ0n) is 8.52. The van der Waals surface area contributed by atoms with Crippen molar-refractivity contribution in [1.82, 2.24) is 0 Å². The lowest BCUT2D eigenvalue weighted by molar-refractivity contribution is -0.136. The van der Waals surface area contributed by atoms with Crippen LogP contribution in [0.5, 0.6) is 0 Å². The maximum atomic E-state index is 11.9. The molecule has 2 rings (SSSR count).